The zero-order chi connectivity index (χ0) is 14.7. The van der Waals surface area contributed by atoms with Crippen molar-refractivity contribution in [3.8, 4) is 11.8 Å². The number of hydrogen-bond donors (Lipinski definition) is 1. The predicted octanol–water partition coefficient (Wildman–Crippen LogP) is 3.93. The molecule has 0 aliphatic carbocycles. The number of anilines is 1. The average molecular weight is 335 g/mol. The molecule has 0 spiro atoms. The quantitative estimate of drug-likeness (QED) is 0.865. The summed E-state index contributed by atoms with van der Waals surface area (Å²) in [5.41, 5.74) is 8.14. The Kier molecular flexibility index (Phi) is 4.26. The second-order valence-electron chi connectivity index (χ2n) is 4.34. The first-order chi connectivity index (χ1) is 9.51. The molecule has 0 amide bonds. The lowest BCUT2D eigenvalue weighted by Gasteiger charge is -2.13. The molecular formula is C15H12BrFN2O. The Labute approximate surface area is 124 Å². The maximum atomic E-state index is 13.2. The summed E-state index contributed by atoms with van der Waals surface area (Å²) in [6.07, 6.45) is 0. The molecule has 20 heavy (non-hydrogen) atoms. The highest BCUT2D eigenvalue weighted by Gasteiger charge is 2.09. The van der Waals surface area contributed by atoms with Gasteiger partial charge in [-0.15, -0.1) is 0 Å². The number of nitriles is 1. The van der Waals surface area contributed by atoms with Crippen molar-refractivity contribution < 1.29 is 9.13 Å². The minimum atomic E-state index is -0.400. The molecule has 3 nitrogen and oxygen atoms in total. The number of nitrogens with zero attached hydrogens (tertiary/aromatic N) is 1. The van der Waals surface area contributed by atoms with E-state index in [9.17, 15) is 4.39 Å². The van der Waals surface area contributed by atoms with E-state index >= 15 is 0 Å². The van der Waals surface area contributed by atoms with E-state index in [1.807, 2.05) is 19.1 Å². The molecule has 0 radical (unpaired) electrons. The third-order valence-corrected chi connectivity index (χ3v) is 3.29. The molecule has 102 valence electrons. The van der Waals surface area contributed by atoms with Gasteiger partial charge in [-0.2, -0.15) is 5.26 Å². The molecule has 0 bridgehead atoms. The second kappa shape index (κ2) is 5.93. The monoisotopic (exact) mass is 334 g/mol. The van der Waals surface area contributed by atoms with Crippen molar-refractivity contribution in [1.29, 1.82) is 5.26 Å². The fraction of sp³-hybridized carbons (Fsp3) is 0.133. The molecule has 2 rings (SSSR count). The van der Waals surface area contributed by atoms with Gasteiger partial charge in [0.2, 0.25) is 0 Å². The molecule has 0 aromatic heterocycles. The van der Waals surface area contributed by atoms with Crippen molar-refractivity contribution in [3.05, 3.63) is 57.3 Å². The Morgan fingerprint density at radius 3 is 2.75 bits per heavy atom. The Morgan fingerprint density at radius 1 is 1.35 bits per heavy atom. The number of benzene rings is 2. The first kappa shape index (κ1) is 14.4. The minimum absolute atomic E-state index is 0.0906. The van der Waals surface area contributed by atoms with Crippen molar-refractivity contribution in [2.24, 2.45) is 0 Å². The smallest absolute Gasteiger partial charge is 0.145 e. The predicted molar refractivity (Wildman–Crippen MR) is 78.7 cm³/mol. The van der Waals surface area contributed by atoms with E-state index in [-0.39, 0.29) is 6.61 Å². The molecule has 0 aliphatic heterocycles. The Hall–Kier alpha value is -2.06. The molecule has 0 atom stereocenters. The van der Waals surface area contributed by atoms with Crippen molar-refractivity contribution in [3.63, 3.8) is 0 Å². The highest BCUT2D eigenvalue weighted by Crippen LogP contribution is 2.30. The van der Waals surface area contributed by atoms with Gasteiger partial charge in [-0.25, -0.2) is 4.39 Å². The molecule has 5 heteroatoms. The van der Waals surface area contributed by atoms with Crippen LogP contribution in [0, 0.1) is 24.1 Å². The standard InChI is InChI=1S/C15H12BrFN2O/c1-9-4-12(16)6-14(19)15(9)20-8-11-5-13(17)3-2-10(11)7-18/h2-6H,8,19H2,1H3. The lowest BCUT2D eigenvalue weighted by molar-refractivity contribution is 0.305. The molecule has 0 unspecified atom stereocenters. The van der Waals surface area contributed by atoms with E-state index in [2.05, 4.69) is 15.9 Å². The molecule has 0 aliphatic rings. The van der Waals surface area contributed by atoms with Gasteiger partial charge in [0.05, 0.1) is 17.3 Å². The van der Waals surface area contributed by atoms with Crippen LogP contribution in [-0.2, 0) is 6.61 Å². The third-order valence-electron chi connectivity index (χ3n) is 2.83. The van der Waals surface area contributed by atoms with Crippen LogP contribution < -0.4 is 10.5 Å². The summed E-state index contributed by atoms with van der Waals surface area (Å²) in [6, 6.07) is 9.61. The molecule has 2 aromatic rings. The molecule has 2 N–H and O–H groups in total. The highest BCUT2D eigenvalue weighted by atomic mass is 79.9. The number of aryl methyl sites for hydroxylation is 1. The van der Waals surface area contributed by atoms with Crippen molar-refractivity contribution in [1.82, 2.24) is 0 Å². The maximum absolute atomic E-state index is 13.2. The molecule has 0 saturated heterocycles. The van der Waals surface area contributed by atoms with E-state index in [0.29, 0.717) is 22.6 Å². The summed E-state index contributed by atoms with van der Waals surface area (Å²) in [5.74, 6) is 0.143. The van der Waals surface area contributed by atoms with Crippen LogP contribution in [0.1, 0.15) is 16.7 Å². The summed E-state index contributed by atoms with van der Waals surface area (Å²) in [6.45, 7) is 1.96. The van der Waals surface area contributed by atoms with E-state index < -0.39 is 5.82 Å². The largest absolute Gasteiger partial charge is 0.486 e. The minimum Gasteiger partial charge on any atom is -0.486 e. The Balaban J connectivity index is 2.26. The van der Waals surface area contributed by atoms with Crippen LogP contribution in [0.5, 0.6) is 5.75 Å². The summed E-state index contributed by atoms with van der Waals surface area (Å²) < 4.78 is 19.7. The van der Waals surface area contributed by atoms with Crippen LogP contribution in [0.25, 0.3) is 0 Å². The number of rotatable bonds is 3. The Morgan fingerprint density at radius 2 is 2.10 bits per heavy atom. The molecule has 2 aromatic carbocycles. The van der Waals surface area contributed by atoms with E-state index in [1.165, 1.54) is 18.2 Å². The molecular weight excluding hydrogens is 323 g/mol. The van der Waals surface area contributed by atoms with Gasteiger partial charge in [0.1, 0.15) is 18.2 Å². The van der Waals surface area contributed by atoms with E-state index in [1.54, 1.807) is 6.07 Å². The number of hydrogen-bond acceptors (Lipinski definition) is 3. The van der Waals surface area contributed by atoms with Crippen molar-refractivity contribution in [2.45, 2.75) is 13.5 Å². The zero-order valence-corrected chi connectivity index (χ0v) is 12.4. The first-order valence-electron chi connectivity index (χ1n) is 5.88. The Bertz CT molecular complexity index is 672. The van der Waals surface area contributed by atoms with E-state index in [0.717, 1.165) is 10.0 Å². The molecule has 0 heterocycles. The lowest BCUT2D eigenvalue weighted by atomic mass is 10.1. The topological polar surface area (TPSA) is 59.0 Å². The maximum Gasteiger partial charge on any atom is 0.145 e. The van der Waals surface area contributed by atoms with Gasteiger partial charge in [-0.1, -0.05) is 15.9 Å². The van der Waals surface area contributed by atoms with Gasteiger partial charge in [0.25, 0.3) is 0 Å². The lowest BCUT2D eigenvalue weighted by Crippen LogP contribution is -2.03. The third kappa shape index (κ3) is 3.09. The number of halogens is 2. The molecule has 0 fully saturated rings. The average Bonchev–Trinajstić information content (AvgIpc) is 2.37. The summed E-state index contributed by atoms with van der Waals surface area (Å²) >= 11 is 3.35. The summed E-state index contributed by atoms with van der Waals surface area (Å²) in [7, 11) is 0. The van der Waals surface area contributed by atoms with Gasteiger partial charge in [-0.05, 0) is 42.8 Å². The van der Waals surface area contributed by atoms with Crippen LogP contribution in [0.2, 0.25) is 0 Å². The van der Waals surface area contributed by atoms with Crippen molar-refractivity contribution >= 4 is 21.6 Å². The summed E-state index contributed by atoms with van der Waals surface area (Å²) in [4.78, 5) is 0. The number of nitrogen functional groups attached to an aromatic ring is 1. The first-order valence-corrected chi connectivity index (χ1v) is 6.67. The number of nitrogens with two attached hydrogens (primary N) is 1. The van der Waals surface area contributed by atoms with Crippen LogP contribution in [0.15, 0.2) is 34.8 Å². The van der Waals surface area contributed by atoms with Gasteiger partial charge in [0, 0.05) is 10.0 Å². The van der Waals surface area contributed by atoms with Crippen LogP contribution >= 0.6 is 15.9 Å². The van der Waals surface area contributed by atoms with Gasteiger partial charge in [0.15, 0.2) is 0 Å². The number of ether oxygens (including phenoxy) is 1. The molecule has 0 saturated carbocycles. The summed E-state index contributed by atoms with van der Waals surface area (Å²) in [5, 5.41) is 8.99. The van der Waals surface area contributed by atoms with Gasteiger partial charge >= 0.3 is 0 Å². The highest BCUT2D eigenvalue weighted by molar-refractivity contribution is 9.10. The van der Waals surface area contributed by atoms with Crippen LogP contribution in [0.4, 0.5) is 10.1 Å². The second-order valence-corrected chi connectivity index (χ2v) is 5.26. The van der Waals surface area contributed by atoms with Crippen LogP contribution in [0.3, 0.4) is 0 Å². The van der Waals surface area contributed by atoms with Crippen molar-refractivity contribution in [2.75, 3.05) is 5.73 Å². The van der Waals surface area contributed by atoms with Gasteiger partial charge < -0.3 is 10.5 Å². The fourth-order valence-corrected chi connectivity index (χ4v) is 2.48. The van der Waals surface area contributed by atoms with Crippen LogP contribution in [-0.4, -0.2) is 0 Å². The van der Waals surface area contributed by atoms with E-state index in [4.69, 9.17) is 15.7 Å². The zero-order valence-electron chi connectivity index (χ0n) is 10.8. The normalized spacial score (nSPS) is 10.1. The SMILES string of the molecule is Cc1cc(Br)cc(N)c1OCc1cc(F)ccc1C#N. The fourth-order valence-electron chi connectivity index (χ4n) is 1.89. The van der Waals surface area contributed by atoms with Gasteiger partial charge in [-0.3, -0.25) is 0 Å².